The van der Waals surface area contributed by atoms with Crippen LogP contribution in [0.25, 0.3) is 0 Å². The second-order valence-corrected chi connectivity index (χ2v) is 2.04. The molecule has 60 valence electrons. The van der Waals surface area contributed by atoms with Gasteiger partial charge in [0.2, 0.25) is 0 Å². The fourth-order valence-electron chi connectivity index (χ4n) is 0.548. The summed E-state index contributed by atoms with van der Waals surface area (Å²) in [6.45, 7) is -1.72. The smallest absolute Gasteiger partial charge is 0.320 e. The highest BCUT2D eigenvalue weighted by Crippen LogP contribution is 1.96. The summed E-state index contributed by atoms with van der Waals surface area (Å²) in [5, 5.41) is 8.36. The van der Waals surface area contributed by atoms with Gasteiger partial charge in [0.25, 0.3) is 0 Å². The maximum Gasteiger partial charge on any atom is 0.320 e. The Morgan fingerprint density at radius 2 is 2.30 bits per heavy atom. The van der Waals surface area contributed by atoms with Crippen molar-refractivity contribution in [2.24, 2.45) is 11.5 Å². The summed E-state index contributed by atoms with van der Waals surface area (Å²) in [6, 6.07) is -0.910. The van der Waals surface area contributed by atoms with Crippen LogP contribution in [0.15, 0.2) is 0 Å². The Kier molecular flexibility index (Phi) is 3.18. The van der Waals surface area contributed by atoms with E-state index in [9.17, 15) is 4.79 Å². The number of aliphatic carboxylic acids is 1. The van der Waals surface area contributed by atoms with Crippen LogP contribution < -0.4 is 11.5 Å². The second-order valence-electron chi connectivity index (χ2n) is 2.04. The van der Waals surface area contributed by atoms with E-state index in [1.807, 2.05) is 0 Å². The number of rotatable bonds is 5. The molecule has 0 spiro atoms. The topological polar surface area (TPSA) is 89.3 Å². The molecular formula is C6H14N2O2. The minimum Gasteiger partial charge on any atom is -0.480 e. The van der Waals surface area contributed by atoms with Crippen LogP contribution in [0.5, 0.6) is 0 Å². The molecule has 0 bridgehead atoms. The van der Waals surface area contributed by atoms with E-state index in [4.69, 9.17) is 19.3 Å². The van der Waals surface area contributed by atoms with Gasteiger partial charge in [-0.25, -0.2) is 0 Å². The summed E-state index contributed by atoms with van der Waals surface area (Å²) >= 11 is 0. The maximum atomic E-state index is 10.2. The Labute approximate surface area is 63.0 Å². The first-order valence-electron chi connectivity index (χ1n) is 4.10. The van der Waals surface area contributed by atoms with Crippen LogP contribution in [-0.4, -0.2) is 23.6 Å². The van der Waals surface area contributed by atoms with Crippen LogP contribution in [0.4, 0.5) is 0 Å². The van der Waals surface area contributed by atoms with Gasteiger partial charge in [-0.15, -0.1) is 0 Å². The number of nitrogens with two attached hydrogens (primary N) is 2. The number of carboxylic acids is 1. The average molecular weight is 150 g/mol. The zero-order valence-electron chi connectivity index (χ0n) is 7.71. The number of hydrogen-bond donors (Lipinski definition) is 3. The highest BCUT2D eigenvalue weighted by molar-refractivity contribution is 5.72. The first-order chi connectivity index (χ1) is 5.33. The summed E-state index contributed by atoms with van der Waals surface area (Å²) in [6.07, 6.45) is 0.775. The van der Waals surface area contributed by atoms with Crippen molar-refractivity contribution in [1.82, 2.24) is 0 Å². The van der Waals surface area contributed by atoms with Crippen LogP contribution in [-0.2, 0) is 4.79 Å². The van der Waals surface area contributed by atoms with Crippen molar-refractivity contribution in [2.75, 3.05) is 6.50 Å². The molecule has 0 unspecified atom stereocenters. The highest BCUT2D eigenvalue weighted by atomic mass is 16.4. The quantitative estimate of drug-likeness (QED) is 0.462. The van der Waals surface area contributed by atoms with Gasteiger partial charge in [-0.3, -0.25) is 4.79 Å². The first-order valence-corrected chi connectivity index (χ1v) is 3.10. The van der Waals surface area contributed by atoms with E-state index in [2.05, 4.69) is 0 Å². The third-order valence-corrected chi connectivity index (χ3v) is 1.15. The number of hydrogen-bond acceptors (Lipinski definition) is 3. The Morgan fingerprint density at radius 3 is 2.70 bits per heavy atom. The minimum absolute atomic E-state index is 0.133. The van der Waals surface area contributed by atoms with Gasteiger partial charge in [0, 0.05) is 2.74 Å². The van der Waals surface area contributed by atoms with E-state index in [1.54, 1.807) is 0 Å². The summed E-state index contributed by atoms with van der Waals surface area (Å²) in [7, 11) is 0. The summed E-state index contributed by atoms with van der Waals surface area (Å²) in [5.74, 6) is -1.06. The van der Waals surface area contributed by atoms with Crippen LogP contribution >= 0.6 is 0 Å². The van der Waals surface area contributed by atoms with E-state index in [0.29, 0.717) is 6.42 Å². The molecule has 0 heterocycles. The fraction of sp³-hybridized carbons (Fsp3) is 0.833. The molecule has 0 rings (SSSR count). The molecule has 0 saturated carbocycles. The average Bonchev–Trinajstić information content (AvgIpc) is 1.84. The van der Waals surface area contributed by atoms with Crippen LogP contribution in [0, 0.1) is 0 Å². The zero-order chi connectivity index (χ0) is 9.78. The first kappa shape index (κ1) is 6.12. The summed E-state index contributed by atoms with van der Waals surface area (Å²) in [5.41, 5.74) is 10.2. The Hall–Kier alpha value is -0.610. The highest BCUT2D eigenvalue weighted by Gasteiger charge is 2.09. The number of carbonyl (C=O) groups is 1. The monoisotopic (exact) mass is 150 g/mol. The van der Waals surface area contributed by atoms with Crippen LogP contribution in [0.3, 0.4) is 0 Å². The summed E-state index contributed by atoms with van der Waals surface area (Å²) < 4.78 is 13.9. The lowest BCUT2D eigenvalue weighted by Crippen LogP contribution is -2.29. The summed E-state index contributed by atoms with van der Waals surface area (Å²) in [4.78, 5) is 10.2. The van der Waals surface area contributed by atoms with Gasteiger partial charge >= 0.3 is 5.97 Å². The van der Waals surface area contributed by atoms with E-state index < -0.39 is 18.5 Å². The Balaban J connectivity index is 3.51. The Morgan fingerprint density at radius 1 is 1.70 bits per heavy atom. The third kappa shape index (κ3) is 4.29. The molecule has 1 atom stereocenters. The third-order valence-electron chi connectivity index (χ3n) is 1.15. The van der Waals surface area contributed by atoms with E-state index in [-0.39, 0.29) is 12.8 Å². The molecule has 0 saturated heterocycles. The van der Waals surface area contributed by atoms with Crippen molar-refractivity contribution in [3.63, 3.8) is 0 Å². The molecule has 0 aromatic carbocycles. The van der Waals surface area contributed by atoms with E-state index in [0.717, 1.165) is 0 Å². The van der Waals surface area contributed by atoms with Crippen molar-refractivity contribution >= 4 is 5.97 Å². The van der Waals surface area contributed by atoms with E-state index >= 15 is 0 Å². The Bertz CT molecular complexity index is 158. The van der Waals surface area contributed by atoms with Crippen molar-refractivity contribution in [1.29, 1.82) is 0 Å². The second kappa shape index (κ2) is 5.20. The lowest BCUT2D eigenvalue weighted by molar-refractivity contribution is -0.138. The lowest BCUT2D eigenvalue weighted by Gasteiger charge is -2.03. The molecule has 0 aliphatic heterocycles. The molecule has 5 N–H and O–H groups in total. The largest absolute Gasteiger partial charge is 0.480 e. The van der Waals surface area contributed by atoms with Gasteiger partial charge in [0.15, 0.2) is 0 Å². The number of carboxylic acid groups (broad SMARTS) is 1. The molecule has 0 aliphatic rings. The van der Waals surface area contributed by atoms with Crippen molar-refractivity contribution < 1.29 is 12.6 Å². The van der Waals surface area contributed by atoms with Gasteiger partial charge in [0.1, 0.15) is 6.04 Å². The molecule has 0 aromatic heterocycles. The normalized spacial score (nSPS) is 17.4. The standard InChI is InChI=1S/C6H14N2O2/c7-4-2-1-3-5(8)6(9)10/h5H,1-4,7-8H2,(H,9,10)/t5-/m0/s1/i1+1,4+1D2. The fourth-order valence-corrected chi connectivity index (χ4v) is 0.548. The molecule has 4 heteroatoms. The minimum atomic E-state index is -1.72. The molecule has 0 radical (unpaired) electrons. The molecular weight excluding hydrogens is 134 g/mol. The van der Waals surface area contributed by atoms with Gasteiger partial charge in [-0.1, -0.05) is 6.42 Å². The molecule has 0 aliphatic carbocycles. The molecule has 4 nitrogen and oxygen atoms in total. The van der Waals surface area contributed by atoms with Gasteiger partial charge in [-0.2, -0.15) is 0 Å². The molecule has 10 heavy (non-hydrogen) atoms. The SMILES string of the molecule is [2H][13C]([2H])(N)C[13CH2]C[C@H](N)C(=O)O. The molecule has 0 fully saturated rings. The van der Waals surface area contributed by atoms with E-state index in [1.165, 1.54) is 0 Å². The molecule has 0 amide bonds. The van der Waals surface area contributed by atoms with Gasteiger partial charge in [0.05, 0.1) is 0 Å². The van der Waals surface area contributed by atoms with Gasteiger partial charge < -0.3 is 16.6 Å². The maximum absolute atomic E-state index is 10.2. The predicted octanol–water partition coefficient (Wildman–Crippen LogP) is -0.473. The van der Waals surface area contributed by atoms with Crippen LogP contribution in [0.2, 0.25) is 0 Å². The lowest BCUT2D eigenvalue weighted by atomic mass is 10.3. The van der Waals surface area contributed by atoms with Crippen molar-refractivity contribution in [3.05, 3.63) is 0 Å². The van der Waals surface area contributed by atoms with Crippen molar-refractivity contribution in [3.8, 4) is 0 Å². The zero-order valence-corrected chi connectivity index (χ0v) is 5.71. The predicted molar refractivity (Wildman–Crippen MR) is 38.5 cm³/mol. The molecule has 0 aromatic rings. The van der Waals surface area contributed by atoms with Crippen molar-refractivity contribution in [2.45, 2.75) is 25.3 Å². The van der Waals surface area contributed by atoms with Gasteiger partial charge in [-0.05, 0) is 19.3 Å². The van der Waals surface area contributed by atoms with Crippen LogP contribution in [0.1, 0.15) is 22.0 Å².